The van der Waals surface area contributed by atoms with Crippen LogP contribution in [0.2, 0.25) is 0 Å². The summed E-state index contributed by atoms with van der Waals surface area (Å²) in [5.74, 6) is 0. The summed E-state index contributed by atoms with van der Waals surface area (Å²) in [6, 6.07) is 12.4. The number of hydrogen-bond acceptors (Lipinski definition) is 5. The highest BCUT2D eigenvalue weighted by molar-refractivity contribution is 7.92. The molecular formula is C16H19NO5S. The number of rotatable bonds is 6. The van der Waals surface area contributed by atoms with Crippen molar-refractivity contribution in [1.29, 1.82) is 0 Å². The minimum atomic E-state index is -3.69. The van der Waals surface area contributed by atoms with Gasteiger partial charge < -0.3 is 15.3 Å². The topological polar surface area (TPSA) is 107 Å². The number of sulfonamides is 1. The average molecular weight is 337 g/mol. The molecule has 0 heterocycles. The number of aliphatic hydroxyl groups excluding tert-OH is 3. The third-order valence-electron chi connectivity index (χ3n) is 3.39. The molecule has 0 aliphatic rings. The van der Waals surface area contributed by atoms with Crippen molar-refractivity contribution in [2.45, 2.75) is 24.0 Å². The normalized spacial score (nSPS) is 14.3. The highest BCUT2D eigenvalue weighted by Gasteiger charge is 2.18. The molecule has 2 unspecified atom stereocenters. The molecule has 2 rings (SSSR count). The van der Waals surface area contributed by atoms with Gasteiger partial charge in [0.05, 0.1) is 11.5 Å². The molecule has 6 nitrogen and oxygen atoms in total. The minimum absolute atomic E-state index is 0.155. The van der Waals surface area contributed by atoms with Crippen molar-refractivity contribution in [3.8, 4) is 0 Å². The molecule has 2 atom stereocenters. The average Bonchev–Trinajstić information content (AvgIpc) is 2.54. The van der Waals surface area contributed by atoms with E-state index in [0.717, 1.165) is 5.56 Å². The molecule has 23 heavy (non-hydrogen) atoms. The molecule has 0 fully saturated rings. The van der Waals surface area contributed by atoms with Crippen LogP contribution in [0.5, 0.6) is 0 Å². The van der Waals surface area contributed by atoms with E-state index in [1.54, 1.807) is 12.1 Å². The summed E-state index contributed by atoms with van der Waals surface area (Å²) in [6.45, 7) is 1.30. The fourth-order valence-corrected chi connectivity index (χ4v) is 3.06. The van der Waals surface area contributed by atoms with E-state index in [4.69, 9.17) is 5.11 Å². The Morgan fingerprint density at radius 2 is 1.57 bits per heavy atom. The number of anilines is 1. The van der Waals surface area contributed by atoms with Crippen LogP contribution in [-0.4, -0.2) is 36.4 Å². The summed E-state index contributed by atoms with van der Waals surface area (Å²) in [5.41, 5.74) is 1.68. The first-order valence-electron chi connectivity index (χ1n) is 7.00. The van der Waals surface area contributed by atoms with Gasteiger partial charge in [-0.3, -0.25) is 4.72 Å². The van der Waals surface area contributed by atoms with Crippen LogP contribution in [0.25, 0.3) is 0 Å². The Balaban J connectivity index is 2.16. The molecule has 0 amide bonds. The molecule has 0 aliphatic carbocycles. The van der Waals surface area contributed by atoms with Crippen LogP contribution in [0.4, 0.5) is 5.69 Å². The highest BCUT2D eigenvalue weighted by Crippen LogP contribution is 2.21. The van der Waals surface area contributed by atoms with Gasteiger partial charge in [-0.15, -0.1) is 0 Å². The second kappa shape index (κ2) is 7.10. The van der Waals surface area contributed by atoms with Crippen molar-refractivity contribution >= 4 is 15.7 Å². The second-order valence-electron chi connectivity index (χ2n) is 5.24. The van der Waals surface area contributed by atoms with Crippen LogP contribution in [0.3, 0.4) is 0 Å². The van der Waals surface area contributed by atoms with Gasteiger partial charge in [-0.25, -0.2) is 8.42 Å². The van der Waals surface area contributed by atoms with Crippen LogP contribution >= 0.6 is 0 Å². The SMILES string of the molecule is Cc1ccc(S(=O)(=O)Nc2ccc(C(O)C(O)CO)cc2)cc1. The molecule has 0 saturated heterocycles. The van der Waals surface area contributed by atoms with E-state index >= 15 is 0 Å². The molecule has 0 radical (unpaired) electrons. The van der Waals surface area contributed by atoms with Crippen molar-refractivity contribution in [1.82, 2.24) is 0 Å². The van der Waals surface area contributed by atoms with E-state index in [0.29, 0.717) is 11.3 Å². The van der Waals surface area contributed by atoms with Crippen molar-refractivity contribution in [2.24, 2.45) is 0 Å². The number of aryl methyl sites for hydroxylation is 1. The van der Waals surface area contributed by atoms with Crippen LogP contribution in [-0.2, 0) is 10.0 Å². The van der Waals surface area contributed by atoms with Gasteiger partial charge in [0.25, 0.3) is 10.0 Å². The van der Waals surface area contributed by atoms with E-state index < -0.39 is 28.8 Å². The van der Waals surface area contributed by atoms with E-state index in [9.17, 15) is 18.6 Å². The lowest BCUT2D eigenvalue weighted by Crippen LogP contribution is -2.22. The maximum atomic E-state index is 12.3. The first-order valence-corrected chi connectivity index (χ1v) is 8.48. The zero-order valence-electron chi connectivity index (χ0n) is 12.5. The maximum Gasteiger partial charge on any atom is 0.261 e. The lowest BCUT2D eigenvalue weighted by atomic mass is 10.0. The van der Waals surface area contributed by atoms with Crippen molar-refractivity contribution < 1.29 is 23.7 Å². The summed E-state index contributed by atoms with van der Waals surface area (Å²) in [6.07, 6.45) is -2.52. The Hall–Kier alpha value is -1.93. The van der Waals surface area contributed by atoms with Crippen molar-refractivity contribution in [3.05, 3.63) is 59.7 Å². The molecule has 0 bridgehead atoms. The van der Waals surface area contributed by atoms with Crippen molar-refractivity contribution in [3.63, 3.8) is 0 Å². The number of nitrogens with one attached hydrogen (secondary N) is 1. The van der Waals surface area contributed by atoms with E-state index in [2.05, 4.69) is 4.72 Å². The van der Waals surface area contributed by atoms with Gasteiger partial charge in [0.2, 0.25) is 0 Å². The summed E-state index contributed by atoms with van der Waals surface area (Å²) >= 11 is 0. The van der Waals surface area contributed by atoms with Gasteiger partial charge >= 0.3 is 0 Å². The van der Waals surface area contributed by atoms with Crippen LogP contribution in [0, 0.1) is 6.92 Å². The molecule has 2 aromatic carbocycles. The quantitative estimate of drug-likeness (QED) is 0.633. The zero-order chi connectivity index (χ0) is 17.0. The van der Waals surface area contributed by atoms with E-state index in [1.807, 2.05) is 6.92 Å². The molecular weight excluding hydrogens is 318 g/mol. The lowest BCUT2D eigenvalue weighted by molar-refractivity contribution is -0.0152. The van der Waals surface area contributed by atoms with Gasteiger partial charge in [0.1, 0.15) is 12.2 Å². The van der Waals surface area contributed by atoms with Crippen molar-refractivity contribution in [2.75, 3.05) is 11.3 Å². The molecule has 124 valence electrons. The Morgan fingerprint density at radius 1 is 1.00 bits per heavy atom. The van der Waals surface area contributed by atoms with Crippen LogP contribution < -0.4 is 4.72 Å². The van der Waals surface area contributed by atoms with Gasteiger partial charge in [0, 0.05) is 5.69 Å². The monoisotopic (exact) mass is 337 g/mol. The summed E-state index contributed by atoms with van der Waals surface area (Å²) in [7, 11) is -3.69. The fourth-order valence-electron chi connectivity index (χ4n) is 2.00. The second-order valence-corrected chi connectivity index (χ2v) is 6.92. The largest absolute Gasteiger partial charge is 0.394 e. The van der Waals surface area contributed by atoms with Gasteiger partial charge in [-0.05, 0) is 36.8 Å². The Bertz CT molecular complexity index is 741. The van der Waals surface area contributed by atoms with Gasteiger partial charge in [-0.2, -0.15) is 0 Å². The molecule has 0 aromatic heterocycles. The van der Waals surface area contributed by atoms with Crippen LogP contribution in [0.15, 0.2) is 53.4 Å². The lowest BCUT2D eigenvalue weighted by Gasteiger charge is -2.16. The molecule has 4 N–H and O–H groups in total. The highest BCUT2D eigenvalue weighted by atomic mass is 32.2. The maximum absolute atomic E-state index is 12.3. The van der Waals surface area contributed by atoms with Crippen LogP contribution in [0.1, 0.15) is 17.2 Å². The molecule has 2 aromatic rings. The standard InChI is InChI=1S/C16H19NO5S/c1-11-2-8-14(9-3-11)23(21,22)17-13-6-4-12(5-7-13)16(20)15(19)10-18/h2-9,15-20H,10H2,1H3. The first kappa shape index (κ1) is 17.4. The smallest absolute Gasteiger partial charge is 0.261 e. The van der Waals surface area contributed by atoms with E-state index in [1.165, 1.54) is 36.4 Å². The third kappa shape index (κ3) is 4.29. The molecule has 0 aliphatic heterocycles. The van der Waals surface area contributed by atoms with E-state index in [-0.39, 0.29) is 4.90 Å². The molecule has 0 spiro atoms. The number of aliphatic hydroxyl groups is 3. The number of benzene rings is 2. The van der Waals surface area contributed by atoms with Gasteiger partial charge in [0.15, 0.2) is 0 Å². The first-order chi connectivity index (χ1) is 10.8. The minimum Gasteiger partial charge on any atom is -0.394 e. The zero-order valence-corrected chi connectivity index (χ0v) is 13.4. The summed E-state index contributed by atoms with van der Waals surface area (Å²) in [4.78, 5) is 0.155. The summed E-state index contributed by atoms with van der Waals surface area (Å²) in [5, 5.41) is 28.0. The predicted octanol–water partition coefficient (Wildman–Crippen LogP) is 1.18. The number of hydrogen-bond donors (Lipinski definition) is 4. The predicted molar refractivity (Wildman–Crippen MR) is 86.5 cm³/mol. The Morgan fingerprint density at radius 3 is 2.09 bits per heavy atom. The Kier molecular flexibility index (Phi) is 5.38. The third-order valence-corrected chi connectivity index (χ3v) is 4.78. The molecule has 0 saturated carbocycles. The molecule has 7 heteroatoms. The van der Waals surface area contributed by atoms with Gasteiger partial charge in [-0.1, -0.05) is 29.8 Å². The summed E-state index contributed by atoms with van der Waals surface area (Å²) < 4.78 is 26.9. The fraction of sp³-hybridized carbons (Fsp3) is 0.250. The Labute approximate surface area is 135 Å².